The minimum absolute atomic E-state index is 0.331. The van der Waals surface area contributed by atoms with E-state index in [4.69, 9.17) is 9.52 Å². The SMILES string of the molecule is CCCc1coc(CNCC)c1C(=O)O. The zero-order valence-corrected chi connectivity index (χ0v) is 9.17. The Morgan fingerprint density at radius 2 is 2.27 bits per heavy atom. The van der Waals surface area contributed by atoms with Gasteiger partial charge in [0, 0.05) is 5.56 Å². The van der Waals surface area contributed by atoms with Crippen molar-refractivity contribution < 1.29 is 14.3 Å². The molecule has 0 aliphatic heterocycles. The van der Waals surface area contributed by atoms with E-state index >= 15 is 0 Å². The van der Waals surface area contributed by atoms with Crippen molar-refractivity contribution in [2.45, 2.75) is 33.2 Å². The molecular formula is C11H17NO3. The number of rotatable bonds is 6. The molecule has 0 atom stereocenters. The second kappa shape index (κ2) is 5.56. The first-order valence-corrected chi connectivity index (χ1v) is 5.23. The first kappa shape index (κ1) is 11.8. The van der Waals surface area contributed by atoms with Crippen LogP contribution < -0.4 is 5.32 Å². The van der Waals surface area contributed by atoms with E-state index in [1.807, 2.05) is 13.8 Å². The van der Waals surface area contributed by atoms with E-state index in [1.54, 1.807) is 6.26 Å². The molecule has 0 aliphatic rings. The Kier molecular flexibility index (Phi) is 4.37. The van der Waals surface area contributed by atoms with Crippen LogP contribution in [0.2, 0.25) is 0 Å². The van der Waals surface area contributed by atoms with Crippen LogP contribution in [0.4, 0.5) is 0 Å². The van der Waals surface area contributed by atoms with Gasteiger partial charge >= 0.3 is 5.97 Å². The van der Waals surface area contributed by atoms with Gasteiger partial charge < -0.3 is 14.8 Å². The van der Waals surface area contributed by atoms with E-state index in [-0.39, 0.29) is 0 Å². The molecule has 4 heteroatoms. The monoisotopic (exact) mass is 211 g/mol. The van der Waals surface area contributed by atoms with Gasteiger partial charge in [-0.1, -0.05) is 20.3 Å². The molecule has 0 spiro atoms. The summed E-state index contributed by atoms with van der Waals surface area (Å²) in [7, 11) is 0. The molecule has 0 radical (unpaired) electrons. The van der Waals surface area contributed by atoms with Gasteiger partial charge in [0.25, 0.3) is 0 Å². The molecule has 0 saturated heterocycles. The molecular weight excluding hydrogens is 194 g/mol. The van der Waals surface area contributed by atoms with Crippen molar-refractivity contribution in [1.82, 2.24) is 5.32 Å². The van der Waals surface area contributed by atoms with Crippen molar-refractivity contribution >= 4 is 5.97 Å². The third-order valence-corrected chi connectivity index (χ3v) is 2.21. The van der Waals surface area contributed by atoms with E-state index in [1.165, 1.54) is 0 Å². The van der Waals surface area contributed by atoms with Crippen LogP contribution in [-0.2, 0) is 13.0 Å². The molecule has 1 aromatic heterocycles. The highest BCUT2D eigenvalue weighted by atomic mass is 16.4. The Morgan fingerprint density at radius 3 is 2.80 bits per heavy atom. The van der Waals surface area contributed by atoms with Gasteiger partial charge in [0.1, 0.15) is 11.3 Å². The van der Waals surface area contributed by atoms with Gasteiger partial charge in [-0.25, -0.2) is 4.79 Å². The number of nitrogens with one attached hydrogen (secondary N) is 1. The molecule has 1 aromatic rings. The number of carbonyl (C=O) groups is 1. The summed E-state index contributed by atoms with van der Waals surface area (Å²) < 4.78 is 5.27. The van der Waals surface area contributed by atoms with Crippen molar-refractivity contribution in [3.8, 4) is 0 Å². The Hall–Kier alpha value is -1.29. The lowest BCUT2D eigenvalue weighted by Gasteiger charge is -2.00. The molecule has 0 fully saturated rings. The lowest BCUT2D eigenvalue weighted by atomic mass is 10.1. The summed E-state index contributed by atoms with van der Waals surface area (Å²) in [5.41, 5.74) is 1.12. The topological polar surface area (TPSA) is 62.5 Å². The number of hydrogen-bond donors (Lipinski definition) is 2. The predicted octanol–water partition coefficient (Wildman–Crippen LogP) is 2.04. The van der Waals surface area contributed by atoms with Crippen LogP contribution >= 0.6 is 0 Å². The first-order valence-electron chi connectivity index (χ1n) is 5.23. The van der Waals surface area contributed by atoms with Gasteiger partial charge in [0.15, 0.2) is 0 Å². The zero-order valence-electron chi connectivity index (χ0n) is 9.17. The Morgan fingerprint density at radius 1 is 1.53 bits per heavy atom. The lowest BCUT2D eigenvalue weighted by Crippen LogP contribution is -2.14. The summed E-state index contributed by atoms with van der Waals surface area (Å²) in [5, 5.41) is 12.1. The van der Waals surface area contributed by atoms with Crippen molar-refractivity contribution in [1.29, 1.82) is 0 Å². The van der Waals surface area contributed by atoms with Crippen LogP contribution in [0.15, 0.2) is 10.7 Å². The fourth-order valence-electron chi connectivity index (χ4n) is 1.52. The molecule has 0 unspecified atom stereocenters. The first-order chi connectivity index (χ1) is 7.20. The average molecular weight is 211 g/mol. The number of furan rings is 1. The van der Waals surface area contributed by atoms with Crippen LogP contribution in [0, 0.1) is 0 Å². The maximum absolute atomic E-state index is 11.1. The minimum Gasteiger partial charge on any atom is -0.478 e. The standard InChI is InChI=1S/C11H17NO3/c1-3-5-8-7-15-9(6-12-4-2)10(8)11(13)14/h7,12H,3-6H2,1-2H3,(H,13,14). The highest BCUT2D eigenvalue weighted by Gasteiger charge is 2.18. The van der Waals surface area contributed by atoms with Crippen molar-refractivity contribution in [3.05, 3.63) is 23.2 Å². The normalized spacial score (nSPS) is 10.5. The van der Waals surface area contributed by atoms with Crippen LogP contribution in [0.1, 0.15) is 41.9 Å². The van der Waals surface area contributed by atoms with E-state index < -0.39 is 5.97 Å². The Labute approximate surface area is 89.3 Å². The third-order valence-electron chi connectivity index (χ3n) is 2.21. The Balaban J connectivity index is 2.90. The second-order valence-electron chi connectivity index (χ2n) is 3.39. The summed E-state index contributed by atoms with van der Waals surface area (Å²) in [6, 6.07) is 0. The molecule has 0 amide bonds. The fraction of sp³-hybridized carbons (Fsp3) is 0.545. The highest BCUT2D eigenvalue weighted by Crippen LogP contribution is 2.19. The Bertz CT molecular complexity index is 331. The molecule has 2 N–H and O–H groups in total. The highest BCUT2D eigenvalue weighted by molar-refractivity contribution is 5.90. The van der Waals surface area contributed by atoms with Gasteiger partial charge in [0.05, 0.1) is 12.8 Å². The maximum atomic E-state index is 11.1. The maximum Gasteiger partial charge on any atom is 0.339 e. The van der Waals surface area contributed by atoms with Crippen molar-refractivity contribution in [2.24, 2.45) is 0 Å². The van der Waals surface area contributed by atoms with Crippen molar-refractivity contribution in [2.75, 3.05) is 6.54 Å². The molecule has 0 bridgehead atoms. The zero-order chi connectivity index (χ0) is 11.3. The summed E-state index contributed by atoms with van der Waals surface area (Å²) >= 11 is 0. The van der Waals surface area contributed by atoms with Crippen molar-refractivity contribution in [3.63, 3.8) is 0 Å². The smallest absolute Gasteiger partial charge is 0.339 e. The van der Waals surface area contributed by atoms with Gasteiger partial charge in [-0.15, -0.1) is 0 Å². The fourth-order valence-corrected chi connectivity index (χ4v) is 1.52. The number of aryl methyl sites for hydroxylation is 1. The molecule has 1 heterocycles. The quantitative estimate of drug-likeness (QED) is 0.755. The molecule has 0 saturated carbocycles. The number of aromatic carboxylic acids is 1. The van der Waals surface area contributed by atoms with E-state index in [2.05, 4.69) is 5.32 Å². The molecule has 15 heavy (non-hydrogen) atoms. The lowest BCUT2D eigenvalue weighted by molar-refractivity contribution is 0.0693. The largest absolute Gasteiger partial charge is 0.478 e. The molecule has 0 aromatic carbocycles. The second-order valence-corrected chi connectivity index (χ2v) is 3.39. The summed E-state index contributed by atoms with van der Waals surface area (Å²) in [5.74, 6) is -0.382. The van der Waals surface area contributed by atoms with Gasteiger partial charge in [-0.2, -0.15) is 0 Å². The van der Waals surface area contributed by atoms with Crippen LogP contribution in [0.5, 0.6) is 0 Å². The van der Waals surface area contributed by atoms with E-state index in [0.717, 1.165) is 24.9 Å². The minimum atomic E-state index is -0.903. The average Bonchev–Trinajstić information content (AvgIpc) is 2.58. The van der Waals surface area contributed by atoms with Crippen LogP contribution in [0.25, 0.3) is 0 Å². The number of carboxylic acid groups (broad SMARTS) is 1. The van der Waals surface area contributed by atoms with E-state index in [9.17, 15) is 4.79 Å². The summed E-state index contributed by atoms with van der Waals surface area (Å²) in [4.78, 5) is 11.1. The van der Waals surface area contributed by atoms with Gasteiger partial charge in [0.2, 0.25) is 0 Å². The predicted molar refractivity (Wildman–Crippen MR) is 57.0 cm³/mol. The van der Waals surface area contributed by atoms with Crippen LogP contribution in [0.3, 0.4) is 0 Å². The molecule has 1 rings (SSSR count). The van der Waals surface area contributed by atoms with E-state index in [0.29, 0.717) is 17.9 Å². The number of carboxylic acids is 1. The van der Waals surface area contributed by atoms with Crippen LogP contribution in [-0.4, -0.2) is 17.6 Å². The molecule has 84 valence electrons. The van der Waals surface area contributed by atoms with Gasteiger partial charge in [-0.05, 0) is 13.0 Å². The number of hydrogen-bond acceptors (Lipinski definition) is 3. The molecule has 0 aliphatic carbocycles. The third kappa shape index (κ3) is 2.83. The summed E-state index contributed by atoms with van der Waals surface area (Å²) in [6.45, 7) is 5.25. The van der Waals surface area contributed by atoms with Gasteiger partial charge in [-0.3, -0.25) is 0 Å². The summed E-state index contributed by atoms with van der Waals surface area (Å²) in [6.07, 6.45) is 3.22. The molecule has 4 nitrogen and oxygen atoms in total.